The number of nitrogens with one attached hydrogen (secondary N) is 2. The molecule has 3 rings (SSSR count). The number of thioether (sulfide) groups is 1. The number of hydrogen-bond donors (Lipinski definition) is 2. The number of halogens is 3. The van der Waals surface area contributed by atoms with Gasteiger partial charge < -0.3 is 15.2 Å². The quantitative estimate of drug-likeness (QED) is 0.289. The second-order valence-electron chi connectivity index (χ2n) is 7.36. The van der Waals surface area contributed by atoms with Crippen LogP contribution in [-0.4, -0.2) is 32.3 Å². The normalized spacial score (nSPS) is 11.7. The lowest BCUT2D eigenvalue weighted by Gasteiger charge is -2.16. The first-order valence-corrected chi connectivity index (χ1v) is 11.9. The van der Waals surface area contributed by atoms with Gasteiger partial charge in [-0.25, -0.2) is 4.39 Å². The smallest absolute Gasteiger partial charge is 0.253 e. The highest BCUT2D eigenvalue weighted by molar-refractivity contribution is 7.99. The van der Waals surface area contributed by atoms with Crippen LogP contribution in [0.5, 0.6) is 0 Å². The molecule has 34 heavy (non-hydrogen) atoms. The Hall–Kier alpha value is -2.88. The number of aromatic nitrogens is 3. The molecule has 0 aliphatic carbocycles. The number of hydrogen-bond acceptors (Lipinski definition) is 5. The van der Waals surface area contributed by atoms with E-state index in [1.165, 1.54) is 30.0 Å². The lowest BCUT2D eigenvalue weighted by Crippen LogP contribution is -2.29. The Labute approximate surface area is 210 Å². The molecule has 2 N–H and O–H groups in total. The molecular formula is C23H22Cl2FN5O2S. The highest BCUT2D eigenvalue weighted by atomic mass is 35.5. The van der Waals surface area contributed by atoms with E-state index < -0.39 is 11.9 Å². The van der Waals surface area contributed by atoms with E-state index in [0.29, 0.717) is 28.2 Å². The molecule has 2 amide bonds. The maximum Gasteiger partial charge on any atom is 0.253 e. The fraction of sp³-hybridized carbons (Fsp3) is 0.217. The van der Waals surface area contributed by atoms with Gasteiger partial charge in [0, 0.05) is 17.3 Å². The predicted octanol–water partition coefficient (Wildman–Crippen LogP) is 5.44. The van der Waals surface area contributed by atoms with Crippen molar-refractivity contribution in [2.75, 3.05) is 11.1 Å². The molecule has 1 heterocycles. The number of allylic oxidation sites excluding steroid dienone is 1. The zero-order valence-corrected chi connectivity index (χ0v) is 20.8. The molecule has 0 bridgehead atoms. The van der Waals surface area contributed by atoms with Crippen molar-refractivity contribution in [3.63, 3.8) is 0 Å². The highest BCUT2D eigenvalue weighted by Gasteiger charge is 2.21. The van der Waals surface area contributed by atoms with Gasteiger partial charge in [0.2, 0.25) is 5.91 Å². The van der Waals surface area contributed by atoms with Crippen molar-refractivity contribution in [1.82, 2.24) is 20.1 Å². The summed E-state index contributed by atoms with van der Waals surface area (Å²) in [6.07, 6.45) is 1.66. The van der Waals surface area contributed by atoms with Crippen LogP contribution in [0.15, 0.2) is 54.2 Å². The molecule has 1 atom stereocenters. The van der Waals surface area contributed by atoms with Crippen LogP contribution < -0.4 is 10.6 Å². The Kier molecular flexibility index (Phi) is 8.71. The van der Waals surface area contributed by atoms with Gasteiger partial charge in [-0.2, -0.15) is 0 Å². The molecule has 0 fully saturated rings. The third-order valence-corrected chi connectivity index (χ3v) is 6.29. The summed E-state index contributed by atoms with van der Waals surface area (Å²) in [6, 6.07) is 8.31. The third-order valence-electron chi connectivity index (χ3n) is 4.77. The summed E-state index contributed by atoms with van der Waals surface area (Å²) in [7, 11) is 0. The topological polar surface area (TPSA) is 88.9 Å². The molecule has 7 nitrogen and oxygen atoms in total. The van der Waals surface area contributed by atoms with E-state index in [0.717, 1.165) is 5.56 Å². The number of rotatable bonds is 9. The summed E-state index contributed by atoms with van der Waals surface area (Å²) >= 11 is 13.2. The van der Waals surface area contributed by atoms with Crippen LogP contribution in [0.3, 0.4) is 0 Å². The van der Waals surface area contributed by atoms with Crippen molar-refractivity contribution in [3.05, 3.63) is 81.9 Å². The van der Waals surface area contributed by atoms with Crippen molar-refractivity contribution in [2.24, 2.45) is 0 Å². The van der Waals surface area contributed by atoms with E-state index in [1.807, 2.05) is 0 Å². The fourth-order valence-corrected chi connectivity index (χ4v) is 4.33. The number of aryl methyl sites for hydroxylation is 1. The fourth-order valence-electron chi connectivity index (χ4n) is 3.09. The summed E-state index contributed by atoms with van der Waals surface area (Å²) in [4.78, 5) is 25.1. The minimum absolute atomic E-state index is 0.0341. The van der Waals surface area contributed by atoms with Crippen LogP contribution in [0.4, 0.5) is 10.1 Å². The molecule has 0 radical (unpaired) electrons. The lowest BCUT2D eigenvalue weighted by atomic mass is 10.2. The molecule has 178 valence electrons. The molecule has 0 unspecified atom stereocenters. The maximum absolute atomic E-state index is 13.5. The Morgan fingerprint density at radius 3 is 2.71 bits per heavy atom. The average molecular weight is 522 g/mol. The van der Waals surface area contributed by atoms with Gasteiger partial charge in [-0.15, -0.1) is 16.8 Å². The van der Waals surface area contributed by atoms with Gasteiger partial charge in [-0.3, -0.25) is 9.59 Å². The van der Waals surface area contributed by atoms with Crippen molar-refractivity contribution >= 4 is 52.5 Å². The molecule has 3 aromatic rings. The van der Waals surface area contributed by atoms with Crippen LogP contribution in [0.25, 0.3) is 0 Å². The van der Waals surface area contributed by atoms with Crippen molar-refractivity contribution < 1.29 is 14.0 Å². The van der Waals surface area contributed by atoms with Gasteiger partial charge in [0.1, 0.15) is 5.82 Å². The van der Waals surface area contributed by atoms with Gasteiger partial charge in [0.05, 0.1) is 22.4 Å². The number of carbonyl (C=O) groups excluding carboxylic acids is 2. The number of anilines is 1. The van der Waals surface area contributed by atoms with E-state index in [-0.39, 0.29) is 28.2 Å². The summed E-state index contributed by atoms with van der Waals surface area (Å²) in [5.74, 6) is -0.609. The van der Waals surface area contributed by atoms with Crippen molar-refractivity contribution in [2.45, 2.75) is 31.6 Å². The molecule has 0 saturated carbocycles. The first kappa shape index (κ1) is 25.7. The van der Waals surface area contributed by atoms with E-state index >= 15 is 0 Å². The molecule has 0 saturated heterocycles. The highest BCUT2D eigenvalue weighted by Crippen LogP contribution is 2.24. The second kappa shape index (κ2) is 11.5. The van der Waals surface area contributed by atoms with Gasteiger partial charge >= 0.3 is 0 Å². The number of amides is 2. The summed E-state index contributed by atoms with van der Waals surface area (Å²) < 4.78 is 15.2. The van der Waals surface area contributed by atoms with Crippen LogP contribution in [0.1, 0.15) is 34.7 Å². The van der Waals surface area contributed by atoms with E-state index in [9.17, 15) is 14.0 Å². The first-order valence-electron chi connectivity index (χ1n) is 10.2. The molecular weight excluding hydrogens is 500 g/mol. The monoisotopic (exact) mass is 521 g/mol. The van der Waals surface area contributed by atoms with Crippen molar-refractivity contribution in [1.29, 1.82) is 0 Å². The maximum atomic E-state index is 13.5. The van der Waals surface area contributed by atoms with Crippen molar-refractivity contribution in [3.8, 4) is 0 Å². The Morgan fingerprint density at radius 1 is 1.24 bits per heavy atom. The van der Waals surface area contributed by atoms with Crippen LogP contribution in [0.2, 0.25) is 10.0 Å². The van der Waals surface area contributed by atoms with Crippen LogP contribution >= 0.6 is 35.0 Å². The largest absolute Gasteiger partial charge is 0.342 e. The zero-order valence-electron chi connectivity index (χ0n) is 18.4. The average Bonchev–Trinajstić information content (AvgIpc) is 3.17. The van der Waals surface area contributed by atoms with Gasteiger partial charge in [0.25, 0.3) is 5.91 Å². The molecule has 0 aliphatic rings. The molecule has 1 aromatic heterocycles. The number of carbonyl (C=O) groups is 2. The molecule has 0 aliphatic heterocycles. The van der Waals surface area contributed by atoms with Crippen LogP contribution in [-0.2, 0) is 11.3 Å². The lowest BCUT2D eigenvalue weighted by molar-refractivity contribution is -0.113. The Balaban J connectivity index is 1.69. The summed E-state index contributed by atoms with van der Waals surface area (Å²) in [6.45, 7) is 7.67. The summed E-state index contributed by atoms with van der Waals surface area (Å²) in [5, 5.41) is 15.1. The molecule has 2 aromatic carbocycles. The van der Waals surface area contributed by atoms with Gasteiger partial charge in [-0.05, 0) is 49.7 Å². The van der Waals surface area contributed by atoms with E-state index in [1.54, 1.807) is 42.7 Å². The Bertz CT molecular complexity index is 1230. The standard InChI is InChI=1S/C23H22Cl2FN5O2S/c1-4-9-31-21(14(3)27-22(33)17-8-6-15(24)10-18(17)25)29-30-23(31)34-12-20(32)28-19-11-16(26)7-5-13(19)2/h4-8,10-11,14H,1,9,12H2,2-3H3,(H,27,33)(H,28,32)/t14-/m0/s1. The minimum Gasteiger partial charge on any atom is -0.342 e. The van der Waals surface area contributed by atoms with E-state index in [4.69, 9.17) is 23.2 Å². The van der Waals surface area contributed by atoms with Gasteiger partial charge in [0.15, 0.2) is 11.0 Å². The van der Waals surface area contributed by atoms with E-state index in [2.05, 4.69) is 27.4 Å². The first-order chi connectivity index (χ1) is 16.2. The zero-order chi connectivity index (χ0) is 24.8. The molecule has 11 heteroatoms. The summed E-state index contributed by atoms with van der Waals surface area (Å²) in [5.41, 5.74) is 1.45. The van der Waals surface area contributed by atoms with Crippen LogP contribution in [0, 0.1) is 12.7 Å². The predicted molar refractivity (Wildman–Crippen MR) is 133 cm³/mol. The molecule has 0 spiro atoms. The number of benzene rings is 2. The third kappa shape index (κ3) is 6.37. The number of nitrogens with zero attached hydrogens (tertiary/aromatic N) is 3. The Morgan fingerprint density at radius 2 is 2.00 bits per heavy atom. The second-order valence-corrected chi connectivity index (χ2v) is 9.14. The minimum atomic E-state index is -0.509. The SMILES string of the molecule is C=CCn1c(SCC(=O)Nc2cc(F)ccc2C)nnc1[C@H](C)NC(=O)c1ccc(Cl)cc1Cl. The van der Waals surface area contributed by atoms with Gasteiger partial charge in [-0.1, -0.05) is 47.1 Å².